The van der Waals surface area contributed by atoms with E-state index in [1.807, 2.05) is 0 Å². The molecule has 0 saturated heterocycles. The molecule has 0 spiro atoms. The molecule has 0 aliphatic heterocycles. The molecule has 0 radical (unpaired) electrons. The number of sulfonamides is 1. The van der Waals surface area contributed by atoms with Crippen molar-refractivity contribution in [3.63, 3.8) is 0 Å². The molecule has 6 nitrogen and oxygen atoms in total. The SMILES string of the molecule is COCCS(=O)(=O)NCCc1cc(C)on1. The standard InChI is InChI=1S/C9H16N2O4S/c1-8-7-9(11-15-8)3-4-10-16(12,13)6-5-14-2/h7,10H,3-6H2,1-2H3. The zero-order chi connectivity index (χ0) is 12.0. The predicted octanol–water partition coefficient (Wildman–Crippen LogP) is 0.0913. The Hall–Kier alpha value is -0.920. The molecule has 1 N–H and O–H groups in total. The van der Waals surface area contributed by atoms with Crippen molar-refractivity contribution in [2.75, 3.05) is 26.0 Å². The first-order valence-corrected chi connectivity index (χ1v) is 6.57. The average Bonchev–Trinajstić information content (AvgIpc) is 2.61. The van der Waals surface area contributed by atoms with Crippen LogP contribution < -0.4 is 4.72 Å². The van der Waals surface area contributed by atoms with Crippen molar-refractivity contribution < 1.29 is 17.7 Å². The van der Waals surface area contributed by atoms with Crippen LogP contribution in [0.1, 0.15) is 11.5 Å². The van der Waals surface area contributed by atoms with E-state index in [9.17, 15) is 8.42 Å². The highest BCUT2D eigenvalue weighted by Crippen LogP contribution is 2.01. The van der Waals surface area contributed by atoms with Gasteiger partial charge in [-0.2, -0.15) is 0 Å². The molecule has 0 amide bonds. The zero-order valence-electron chi connectivity index (χ0n) is 9.39. The number of nitrogens with one attached hydrogen (secondary N) is 1. The van der Waals surface area contributed by atoms with E-state index in [-0.39, 0.29) is 12.4 Å². The highest BCUT2D eigenvalue weighted by molar-refractivity contribution is 7.89. The highest BCUT2D eigenvalue weighted by Gasteiger charge is 2.09. The van der Waals surface area contributed by atoms with E-state index in [0.717, 1.165) is 11.5 Å². The third-order valence-electron chi connectivity index (χ3n) is 1.94. The molecule has 1 aromatic heterocycles. The van der Waals surface area contributed by atoms with E-state index in [2.05, 4.69) is 9.88 Å². The first-order valence-electron chi connectivity index (χ1n) is 4.92. The fourth-order valence-corrected chi connectivity index (χ4v) is 2.08. The Kier molecular flexibility index (Phi) is 4.91. The van der Waals surface area contributed by atoms with Crippen LogP contribution in [0.15, 0.2) is 10.6 Å². The average molecular weight is 248 g/mol. The fourth-order valence-electron chi connectivity index (χ4n) is 1.14. The van der Waals surface area contributed by atoms with Crippen LogP contribution in [-0.2, 0) is 21.2 Å². The molecule has 0 saturated carbocycles. The van der Waals surface area contributed by atoms with Gasteiger partial charge in [-0.25, -0.2) is 13.1 Å². The molecule has 0 aliphatic rings. The summed E-state index contributed by atoms with van der Waals surface area (Å²) in [6.45, 7) is 2.30. The molecule has 92 valence electrons. The van der Waals surface area contributed by atoms with Crippen LogP contribution in [0.5, 0.6) is 0 Å². The van der Waals surface area contributed by atoms with Crippen molar-refractivity contribution in [3.05, 3.63) is 17.5 Å². The van der Waals surface area contributed by atoms with Gasteiger partial charge in [-0.3, -0.25) is 0 Å². The second kappa shape index (κ2) is 5.97. The Labute approximate surface area is 95.0 Å². The summed E-state index contributed by atoms with van der Waals surface area (Å²) in [5.74, 6) is 0.693. The maximum atomic E-state index is 11.3. The van der Waals surface area contributed by atoms with E-state index < -0.39 is 10.0 Å². The van der Waals surface area contributed by atoms with E-state index in [1.54, 1.807) is 13.0 Å². The Bertz CT molecular complexity index is 413. The van der Waals surface area contributed by atoms with Gasteiger partial charge in [0.25, 0.3) is 0 Å². The normalized spacial score (nSPS) is 11.9. The number of aryl methyl sites for hydroxylation is 1. The first kappa shape index (κ1) is 13.1. The number of nitrogens with zero attached hydrogens (tertiary/aromatic N) is 1. The predicted molar refractivity (Wildman–Crippen MR) is 58.6 cm³/mol. The lowest BCUT2D eigenvalue weighted by atomic mass is 10.3. The quantitative estimate of drug-likeness (QED) is 0.739. The Morgan fingerprint density at radius 2 is 2.31 bits per heavy atom. The van der Waals surface area contributed by atoms with Gasteiger partial charge in [-0.05, 0) is 6.92 Å². The van der Waals surface area contributed by atoms with Crippen molar-refractivity contribution in [1.29, 1.82) is 0 Å². The number of ether oxygens (including phenoxy) is 1. The third kappa shape index (κ3) is 4.73. The van der Waals surface area contributed by atoms with Gasteiger partial charge >= 0.3 is 0 Å². The van der Waals surface area contributed by atoms with Crippen LogP contribution >= 0.6 is 0 Å². The third-order valence-corrected chi connectivity index (χ3v) is 3.28. The molecule has 0 fully saturated rings. The number of hydrogen-bond donors (Lipinski definition) is 1. The van der Waals surface area contributed by atoms with E-state index >= 15 is 0 Å². The summed E-state index contributed by atoms with van der Waals surface area (Å²) in [6.07, 6.45) is 0.517. The number of methoxy groups -OCH3 is 1. The van der Waals surface area contributed by atoms with Crippen LogP contribution in [0.3, 0.4) is 0 Å². The molecule has 7 heteroatoms. The Morgan fingerprint density at radius 3 is 2.88 bits per heavy atom. The van der Waals surface area contributed by atoms with Crippen molar-refractivity contribution in [1.82, 2.24) is 9.88 Å². The minimum absolute atomic E-state index is 0.0264. The number of hydrogen-bond acceptors (Lipinski definition) is 5. The first-order chi connectivity index (χ1) is 7.53. The van der Waals surface area contributed by atoms with Gasteiger partial charge in [0, 0.05) is 26.1 Å². The Morgan fingerprint density at radius 1 is 1.56 bits per heavy atom. The minimum Gasteiger partial charge on any atom is -0.384 e. The van der Waals surface area contributed by atoms with Crippen LogP contribution in [0.25, 0.3) is 0 Å². The summed E-state index contributed by atoms with van der Waals surface area (Å²) in [6, 6.07) is 1.78. The summed E-state index contributed by atoms with van der Waals surface area (Å²) in [5.41, 5.74) is 0.743. The van der Waals surface area contributed by atoms with Gasteiger partial charge in [0.2, 0.25) is 10.0 Å². The molecule has 0 aliphatic carbocycles. The molecule has 0 bridgehead atoms. The maximum Gasteiger partial charge on any atom is 0.213 e. The molecule has 0 unspecified atom stereocenters. The highest BCUT2D eigenvalue weighted by atomic mass is 32.2. The molecule has 1 rings (SSSR count). The Balaban J connectivity index is 2.29. The molecular formula is C9H16N2O4S. The fraction of sp³-hybridized carbons (Fsp3) is 0.667. The van der Waals surface area contributed by atoms with Gasteiger partial charge in [-0.1, -0.05) is 5.16 Å². The molecule has 1 aromatic rings. The monoisotopic (exact) mass is 248 g/mol. The lowest BCUT2D eigenvalue weighted by molar-refractivity contribution is 0.217. The van der Waals surface area contributed by atoms with Crippen LogP contribution in [0, 0.1) is 6.92 Å². The van der Waals surface area contributed by atoms with Gasteiger partial charge in [0.15, 0.2) is 0 Å². The largest absolute Gasteiger partial charge is 0.384 e. The minimum atomic E-state index is -3.24. The maximum absolute atomic E-state index is 11.3. The number of rotatable bonds is 7. The lowest BCUT2D eigenvalue weighted by Gasteiger charge is -2.04. The summed E-state index contributed by atoms with van der Waals surface area (Å²) in [5, 5.41) is 3.76. The summed E-state index contributed by atoms with van der Waals surface area (Å²) in [4.78, 5) is 0. The van der Waals surface area contributed by atoms with Crippen LogP contribution in [0.2, 0.25) is 0 Å². The zero-order valence-corrected chi connectivity index (χ0v) is 10.2. The van der Waals surface area contributed by atoms with Gasteiger partial charge in [-0.15, -0.1) is 0 Å². The van der Waals surface area contributed by atoms with Gasteiger partial charge in [0.1, 0.15) is 5.76 Å². The number of aromatic nitrogens is 1. The second-order valence-corrected chi connectivity index (χ2v) is 5.31. The molecule has 1 heterocycles. The van der Waals surface area contributed by atoms with Crippen molar-refractivity contribution in [3.8, 4) is 0 Å². The van der Waals surface area contributed by atoms with Crippen molar-refractivity contribution in [2.45, 2.75) is 13.3 Å². The molecular weight excluding hydrogens is 232 g/mol. The van der Waals surface area contributed by atoms with Gasteiger partial charge < -0.3 is 9.26 Å². The molecule has 0 aromatic carbocycles. The summed E-state index contributed by atoms with van der Waals surface area (Å²) >= 11 is 0. The van der Waals surface area contributed by atoms with E-state index in [0.29, 0.717) is 13.0 Å². The van der Waals surface area contributed by atoms with E-state index in [4.69, 9.17) is 9.26 Å². The van der Waals surface area contributed by atoms with Crippen LogP contribution in [0.4, 0.5) is 0 Å². The topological polar surface area (TPSA) is 81.4 Å². The molecule has 16 heavy (non-hydrogen) atoms. The van der Waals surface area contributed by atoms with Crippen molar-refractivity contribution in [2.24, 2.45) is 0 Å². The van der Waals surface area contributed by atoms with Crippen LogP contribution in [-0.4, -0.2) is 39.6 Å². The smallest absolute Gasteiger partial charge is 0.213 e. The second-order valence-electron chi connectivity index (χ2n) is 3.38. The van der Waals surface area contributed by atoms with E-state index in [1.165, 1.54) is 7.11 Å². The summed E-state index contributed by atoms with van der Waals surface area (Å²) < 4.78 is 34.7. The summed E-state index contributed by atoms with van der Waals surface area (Å²) in [7, 11) is -1.77. The lowest BCUT2D eigenvalue weighted by Crippen LogP contribution is -2.30. The van der Waals surface area contributed by atoms with Crippen molar-refractivity contribution >= 4 is 10.0 Å². The molecule has 0 atom stereocenters. The van der Waals surface area contributed by atoms with Gasteiger partial charge in [0.05, 0.1) is 18.1 Å².